The van der Waals surface area contributed by atoms with Gasteiger partial charge in [-0.1, -0.05) is 26.0 Å². The molecule has 3 heterocycles. The van der Waals surface area contributed by atoms with E-state index in [0.717, 1.165) is 17.7 Å². The fourth-order valence-electron chi connectivity index (χ4n) is 3.59. The summed E-state index contributed by atoms with van der Waals surface area (Å²) in [5.41, 5.74) is 1.70. The van der Waals surface area contributed by atoms with Crippen molar-refractivity contribution in [2.45, 2.75) is 44.6 Å². The lowest BCUT2D eigenvalue weighted by Gasteiger charge is -2.18. The maximum absolute atomic E-state index is 12.8. The van der Waals surface area contributed by atoms with Crippen molar-refractivity contribution in [3.05, 3.63) is 53.2 Å². The predicted octanol–water partition coefficient (Wildman–Crippen LogP) is 3.23. The molecule has 0 radical (unpaired) electrons. The fourth-order valence-corrected chi connectivity index (χ4v) is 3.59. The molecule has 1 fully saturated rings. The molecule has 0 aliphatic carbocycles. The van der Waals surface area contributed by atoms with Crippen LogP contribution in [0, 0.1) is 0 Å². The average molecular weight is 434 g/mol. The number of aliphatic hydroxyl groups is 1. The van der Waals surface area contributed by atoms with E-state index in [1.807, 2.05) is 0 Å². The summed E-state index contributed by atoms with van der Waals surface area (Å²) in [6.07, 6.45) is -3.10. The van der Waals surface area contributed by atoms with Crippen LogP contribution in [0.5, 0.6) is 0 Å². The molecule has 0 bridgehead atoms. The molecule has 10 heteroatoms. The third-order valence-electron chi connectivity index (χ3n) is 5.39. The Morgan fingerprint density at radius 1 is 1.23 bits per heavy atom. The van der Waals surface area contributed by atoms with E-state index in [1.54, 1.807) is 16.8 Å². The van der Waals surface area contributed by atoms with Crippen LogP contribution in [-0.4, -0.2) is 44.9 Å². The molecule has 1 aromatic carbocycles. The van der Waals surface area contributed by atoms with Gasteiger partial charge < -0.3 is 21.1 Å². The summed E-state index contributed by atoms with van der Waals surface area (Å²) in [7, 11) is 0. The lowest BCUT2D eigenvalue weighted by atomic mass is 10.1. The largest absolute Gasteiger partial charge is 0.416 e. The second kappa shape index (κ2) is 8.35. The van der Waals surface area contributed by atoms with Gasteiger partial charge in [-0.15, -0.1) is 0 Å². The van der Waals surface area contributed by atoms with Gasteiger partial charge in [0.25, 0.3) is 0 Å². The van der Waals surface area contributed by atoms with E-state index in [-0.39, 0.29) is 12.0 Å². The summed E-state index contributed by atoms with van der Waals surface area (Å²) in [5, 5.41) is 24.2. The third kappa shape index (κ3) is 4.59. The van der Waals surface area contributed by atoms with E-state index in [1.165, 1.54) is 12.1 Å². The Bertz CT molecular complexity index is 1050. The van der Waals surface area contributed by atoms with Crippen LogP contribution >= 0.6 is 0 Å². The number of alkyl halides is 3. The molecule has 2 atom stereocenters. The lowest BCUT2D eigenvalue weighted by molar-refractivity contribution is -0.137. The van der Waals surface area contributed by atoms with E-state index in [4.69, 9.17) is 4.98 Å². The normalized spacial score (nSPS) is 19.3. The molecule has 1 aliphatic rings. The van der Waals surface area contributed by atoms with Crippen LogP contribution in [-0.2, 0) is 12.7 Å². The molecule has 4 rings (SSSR count). The first-order valence-corrected chi connectivity index (χ1v) is 10.2. The molecule has 0 saturated carbocycles. The Hall–Kier alpha value is -2.85. The number of hydrogen-bond acceptors (Lipinski definition) is 6. The van der Waals surface area contributed by atoms with Crippen molar-refractivity contribution in [2.75, 3.05) is 23.7 Å². The molecule has 7 nitrogen and oxygen atoms in total. The van der Waals surface area contributed by atoms with Gasteiger partial charge in [-0.25, -0.2) is 4.98 Å². The van der Waals surface area contributed by atoms with Gasteiger partial charge in [0.2, 0.25) is 0 Å². The number of fused-ring (bicyclic) bond motifs is 1. The van der Waals surface area contributed by atoms with Gasteiger partial charge >= 0.3 is 6.18 Å². The minimum atomic E-state index is -4.36. The molecule has 166 valence electrons. The first kappa shape index (κ1) is 21.4. The molecule has 31 heavy (non-hydrogen) atoms. The van der Waals surface area contributed by atoms with Gasteiger partial charge in [0.1, 0.15) is 11.6 Å². The Morgan fingerprint density at radius 2 is 1.97 bits per heavy atom. The van der Waals surface area contributed by atoms with Crippen LogP contribution < -0.4 is 16.0 Å². The average Bonchev–Trinajstić information content (AvgIpc) is 3.32. The molecule has 3 aromatic rings. The predicted molar refractivity (Wildman–Crippen MR) is 112 cm³/mol. The monoisotopic (exact) mass is 434 g/mol. The fraction of sp³-hybridized carbons (Fsp3) is 0.429. The maximum Gasteiger partial charge on any atom is 0.416 e. The molecular formula is C21H25F3N6O. The first-order chi connectivity index (χ1) is 14.7. The van der Waals surface area contributed by atoms with Crippen LogP contribution in [0.1, 0.15) is 36.5 Å². The highest BCUT2D eigenvalue weighted by molar-refractivity contribution is 5.61. The number of aliphatic hydroxyl groups excluding tert-OH is 1. The zero-order chi connectivity index (χ0) is 22.2. The highest BCUT2D eigenvalue weighted by Gasteiger charge is 2.30. The van der Waals surface area contributed by atoms with Crippen LogP contribution in [0.25, 0.3) is 5.65 Å². The van der Waals surface area contributed by atoms with Crippen LogP contribution in [0.3, 0.4) is 0 Å². The zero-order valence-electron chi connectivity index (χ0n) is 17.2. The van der Waals surface area contributed by atoms with Crippen molar-refractivity contribution in [1.82, 2.24) is 19.9 Å². The quantitative estimate of drug-likeness (QED) is 0.477. The summed E-state index contributed by atoms with van der Waals surface area (Å²) in [5.74, 6) is 1.46. The summed E-state index contributed by atoms with van der Waals surface area (Å²) in [4.78, 5) is 4.69. The highest BCUT2D eigenvalue weighted by atomic mass is 19.4. The molecule has 0 amide bonds. The number of nitrogens with zero attached hydrogens (tertiary/aromatic N) is 3. The van der Waals surface area contributed by atoms with Crippen molar-refractivity contribution in [3.8, 4) is 0 Å². The van der Waals surface area contributed by atoms with Gasteiger partial charge in [-0.2, -0.15) is 22.8 Å². The smallest absolute Gasteiger partial charge is 0.390 e. The minimum absolute atomic E-state index is 0.164. The van der Waals surface area contributed by atoms with E-state index in [9.17, 15) is 18.3 Å². The van der Waals surface area contributed by atoms with Crippen molar-refractivity contribution in [1.29, 1.82) is 0 Å². The Kier molecular flexibility index (Phi) is 5.76. The molecule has 0 spiro atoms. The number of hydrogen-bond donors (Lipinski definition) is 4. The standard InChI is InChI=1S/C21H25F3N6O/c1-12(2)15-9-27-30-19(26-8-13-3-5-14(6-4-13)21(22,23)24)7-18(29-20(15)30)28-16-10-25-11-17(16)31/h3-7,9,12,16-17,25-26,31H,8,10-11H2,1-2H3,(H,28,29)/t16?,17-/m1/s1. The number of aromatic nitrogens is 3. The highest BCUT2D eigenvalue weighted by Crippen LogP contribution is 2.29. The molecule has 1 saturated heterocycles. The molecule has 4 N–H and O–H groups in total. The van der Waals surface area contributed by atoms with Gasteiger partial charge in [-0.3, -0.25) is 0 Å². The third-order valence-corrected chi connectivity index (χ3v) is 5.39. The van der Waals surface area contributed by atoms with Crippen molar-refractivity contribution >= 4 is 17.3 Å². The number of halogens is 3. The SMILES string of the molecule is CC(C)c1cnn2c(NCc3ccc(C(F)(F)F)cc3)cc(NC3CNC[C@H]3O)nc12. The number of nitrogens with one attached hydrogen (secondary N) is 3. The summed E-state index contributed by atoms with van der Waals surface area (Å²) in [6.45, 7) is 5.57. The van der Waals surface area contributed by atoms with Gasteiger partial charge in [0.05, 0.1) is 23.9 Å². The van der Waals surface area contributed by atoms with Crippen LogP contribution in [0.4, 0.5) is 24.8 Å². The van der Waals surface area contributed by atoms with Gasteiger partial charge in [0.15, 0.2) is 5.65 Å². The van der Waals surface area contributed by atoms with E-state index in [0.29, 0.717) is 42.5 Å². The summed E-state index contributed by atoms with van der Waals surface area (Å²) < 4.78 is 40.1. The van der Waals surface area contributed by atoms with Gasteiger partial charge in [-0.05, 0) is 23.6 Å². The summed E-state index contributed by atoms with van der Waals surface area (Å²) in [6, 6.07) is 6.69. The Balaban J connectivity index is 1.60. The zero-order valence-corrected chi connectivity index (χ0v) is 17.2. The van der Waals surface area contributed by atoms with Crippen LogP contribution in [0.15, 0.2) is 36.5 Å². The van der Waals surface area contributed by atoms with E-state index in [2.05, 4.69) is 34.9 Å². The second-order valence-electron chi connectivity index (χ2n) is 8.04. The molecule has 1 aliphatic heterocycles. The van der Waals surface area contributed by atoms with Crippen molar-refractivity contribution < 1.29 is 18.3 Å². The van der Waals surface area contributed by atoms with E-state index >= 15 is 0 Å². The first-order valence-electron chi connectivity index (χ1n) is 10.2. The number of rotatable bonds is 6. The number of anilines is 2. The number of β-amino-alcohol motifs (C(OH)–C–C–N with tert-alkyl or cyclic N) is 1. The summed E-state index contributed by atoms with van der Waals surface area (Å²) >= 11 is 0. The topological polar surface area (TPSA) is 86.5 Å². The molecule has 1 unspecified atom stereocenters. The maximum atomic E-state index is 12.8. The lowest BCUT2D eigenvalue weighted by Crippen LogP contribution is -2.32. The number of benzene rings is 1. The molecule has 2 aromatic heterocycles. The van der Waals surface area contributed by atoms with E-state index < -0.39 is 17.8 Å². The van der Waals surface area contributed by atoms with Crippen LogP contribution in [0.2, 0.25) is 0 Å². The van der Waals surface area contributed by atoms with Gasteiger partial charge in [0, 0.05) is 31.3 Å². The van der Waals surface area contributed by atoms with Crippen molar-refractivity contribution in [2.24, 2.45) is 0 Å². The Labute approximate surface area is 177 Å². The molecular weight excluding hydrogens is 409 g/mol. The Morgan fingerprint density at radius 3 is 2.58 bits per heavy atom. The second-order valence-corrected chi connectivity index (χ2v) is 8.04. The minimum Gasteiger partial charge on any atom is -0.390 e. The van der Waals surface area contributed by atoms with Crippen molar-refractivity contribution in [3.63, 3.8) is 0 Å².